The van der Waals surface area contributed by atoms with Gasteiger partial charge in [-0.15, -0.1) is 0 Å². The van der Waals surface area contributed by atoms with Crippen molar-refractivity contribution in [1.82, 2.24) is 15.3 Å². The number of nitrogens with one attached hydrogen (secondary N) is 2. The Balaban J connectivity index is 1.42. The van der Waals surface area contributed by atoms with Crippen LogP contribution in [0.4, 0.5) is 0 Å². The van der Waals surface area contributed by atoms with E-state index in [4.69, 9.17) is 4.74 Å². The zero-order valence-electron chi connectivity index (χ0n) is 13.7. The van der Waals surface area contributed by atoms with Crippen molar-refractivity contribution in [2.24, 2.45) is 0 Å². The van der Waals surface area contributed by atoms with E-state index in [0.717, 1.165) is 28.9 Å². The van der Waals surface area contributed by atoms with Crippen molar-refractivity contribution in [3.8, 4) is 11.3 Å². The fourth-order valence-corrected chi connectivity index (χ4v) is 3.10. The fourth-order valence-electron chi connectivity index (χ4n) is 3.10. The molecule has 0 saturated heterocycles. The van der Waals surface area contributed by atoms with Crippen molar-refractivity contribution in [1.29, 1.82) is 0 Å². The lowest BCUT2D eigenvalue weighted by molar-refractivity contribution is 0.0772. The maximum Gasteiger partial charge on any atom is 0.253 e. The summed E-state index contributed by atoms with van der Waals surface area (Å²) >= 11 is 0. The summed E-state index contributed by atoms with van der Waals surface area (Å²) in [5.41, 5.74) is 4.77. The van der Waals surface area contributed by atoms with E-state index in [9.17, 15) is 4.79 Å². The van der Waals surface area contributed by atoms with Gasteiger partial charge in [0, 0.05) is 35.8 Å². The van der Waals surface area contributed by atoms with Gasteiger partial charge in [-0.3, -0.25) is 9.78 Å². The van der Waals surface area contributed by atoms with Crippen molar-refractivity contribution >= 4 is 5.91 Å². The van der Waals surface area contributed by atoms with Crippen LogP contribution in [0.2, 0.25) is 0 Å². The normalized spacial score (nSPS) is 16.3. The number of H-pyrrole nitrogens is 1. The summed E-state index contributed by atoms with van der Waals surface area (Å²) in [6.07, 6.45) is 4.23. The molecule has 2 N–H and O–H groups in total. The van der Waals surface area contributed by atoms with Gasteiger partial charge >= 0.3 is 0 Å². The van der Waals surface area contributed by atoms with Crippen LogP contribution < -0.4 is 5.32 Å². The molecule has 0 spiro atoms. The largest absolute Gasteiger partial charge is 0.375 e. The van der Waals surface area contributed by atoms with Crippen LogP contribution in [0.15, 0.2) is 60.9 Å². The molecule has 1 amide bonds. The molecule has 1 atom stereocenters. The summed E-state index contributed by atoms with van der Waals surface area (Å²) < 4.78 is 5.78. The van der Waals surface area contributed by atoms with Crippen LogP contribution in [0.5, 0.6) is 0 Å². The standard InChI is InChI=1S/C20H19N3O2/c24-20-17-11-18(15-6-8-21-9-7-15)23-19(17)10-16(22-20)13-25-12-14-4-2-1-3-5-14/h1-9,11,16,23H,10,12-13H2,(H,22,24)/t16-/m1/s1. The molecule has 4 rings (SSSR count). The number of amides is 1. The lowest BCUT2D eigenvalue weighted by Crippen LogP contribution is -2.43. The number of benzene rings is 1. The Morgan fingerprint density at radius 2 is 1.92 bits per heavy atom. The number of aromatic amines is 1. The van der Waals surface area contributed by atoms with Crippen molar-refractivity contribution < 1.29 is 9.53 Å². The predicted octanol–water partition coefficient (Wildman–Crippen LogP) is 2.95. The summed E-state index contributed by atoms with van der Waals surface area (Å²) in [6.45, 7) is 1.04. The molecule has 0 unspecified atom stereocenters. The average molecular weight is 333 g/mol. The molecular weight excluding hydrogens is 314 g/mol. The maximum absolute atomic E-state index is 12.4. The Kier molecular flexibility index (Phi) is 4.31. The van der Waals surface area contributed by atoms with Crippen LogP contribution in [-0.4, -0.2) is 28.5 Å². The van der Waals surface area contributed by atoms with Crippen LogP contribution in [0.25, 0.3) is 11.3 Å². The first-order valence-electron chi connectivity index (χ1n) is 8.34. The van der Waals surface area contributed by atoms with E-state index >= 15 is 0 Å². The molecule has 0 saturated carbocycles. The van der Waals surface area contributed by atoms with Gasteiger partial charge in [-0.2, -0.15) is 0 Å². The van der Waals surface area contributed by atoms with Gasteiger partial charge < -0.3 is 15.0 Å². The van der Waals surface area contributed by atoms with E-state index in [1.54, 1.807) is 12.4 Å². The van der Waals surface area contributed by atoms with Gasteiger partial charge in [0.05, 0.1) is 24.8 Å². The number of carbonyl (C=O) groups excluding carboxylic acids is 1. The van der Waals surface area contributed by atoms with E-state index < -0.39 is 0 Å². The highest BCUT2D eigenvalue weighted by molar-refractivity contribution is 5.98. The smallest absolute Gasteiger partial charge is 0.253 e. The van der Waals surface area contributed by atoms with Crippen LogP contribution in [0.3, 0.4) is 0 Å². The lowest BCUT2D eigenvalue weighted by Gasteiger charge is -2.23. The average Bonchev–Trinajstić information content (AvgIpc) is 3.08. The van der Waals surface area contributed by atoms with Gasteiger partial charge in [0.25, 0.3) is 5.91 Å². The minimum atomic E-state index is -0.0499. The summed E-state index contributed by atoms with van der Waals surface area (Å²) in [6, 6.07) is 15.8. The number of pyridine rings is 1. The number of rotatable bonds is 5. The zero-order valence-corrected chi connectivity index (χ0v) is 13.7. The van der Waals surface area contributed by atoms with E-state index in [2.05, 4.69) is 15.3 Å². The van der Waals surface area contributed by atoms with Gasteiger partial charge in [-0.1, -0.05) is 30.3 Å². The van der Waals surface area contributed by atoms with Crippen LogP contribution >= 0.6 is 0 Å². The number of nitrogens with zero attached hydrogens (tertiary/aromatic N) is 1. The summed E-state index contributed by atoms with van der Waals surface area (Å²) in [5, 5.41) is 3.03. The third-order valence-corrected chi connectivity index (χ3v) is 4.35. The lowest BCUT2D eigenvalue weighted by atomic mass is 10.0. The molecule has 5 nitrogen and oxygen atoms in total. The molecule has 3 heterocycles. The van der Waals surface area contributed by atoms with E-state index in [1.807, 2.05) is 48.5 Å². The highest BCUT2D eigenvalue weighted by Gasteiger charge is 2.26. The van der Waals surface area contributed by atoms with Crippen LogP contribution in [0, 0.1) is 0 Å². The van der Waals surface area contributed by atoms with Crippen molar-refractivity contribution in [3.05, 3.63) is 77.7 Å². The summed E-state index contributed by atoms with van der Waals surface area (Å²) in [5.74, 6) is -0.0499. The Labute approximate surface area is 146 Å². The quantitative estimate of drug-likeness (QED) is 0.754. The Morgan fingerprint density at radius 1 is 1.12 bits per heavy atom. The molecule has 1 aromatic carbocycles. The predicted molar refractivity (Wildman–Crippen MR) is 95.1 cm³/mol. The highest BCUT2D eigenvalue weighted by Crippen LogP contribution is 2.24. The number of hydrogen-bond donors (Lipinski definition) is 2. The molecular formula is C20H19N3O2. The second-order valence-corrected chi connectivity index (χ2v) is 6.19. The van der Waals surface area contributed by atoms with Crippen LogP contribution in [-0.2, 0) is 17.8 Å². The van der Waals surface area contributed by atoms with E-state index in [1.165, 1.54) is 0 Å². The van der Waals surface area contributed by atoms with Crippen molar-refractivity contribution in [2.75, 3.05) is 6.61 Å². The fraction of sp³-hybridized carbons (Fsp3) is 0.200. The molecule has 1 aliphatic rings. The van der Waals surface area contributed by atoms with Crippen molar-refractivity contribution in [2.45, 2.75) is 19.1 Å². The topological polar surface area (TPSA) is 67.0 Å². The Hall–Kier alpha value is -2.92. The molecule has 25 heavy (non-hydrogen) atoms. The molecule has 0 bridgehead atoms. The van der Waals surface area contributed by atoms with E-state index in [0.29, 0.717) is 18.8 Å². The number of hydrogen-bond acceptors (Lipinski definition) is 3. The van der Waals surface area contributed by atoms with Gasteiger partial charge in [0.2, 0.25) is 0 Å². The molecule has 2 aromatic heterocycles. The first-order chi connectivity index (χ1) is 12.3. The SMILES string of the molecule is O=C1N[C@@H](COCc2ccccc2)Cc2[nH]c(-c3ccncc3)cc21. The van der Waals surface area contributed by atoms with Gasteiger partial charge in [-0.05, 0) is 23.8 Å². The van der Waals surface area contributed by atoms with Crippen LogP contribution in [0.1, 0.15) is 21.6 Å². The number of fused-ring (bicyclic) bond motifs is 1. The monoisotopic (exact) mass is 333 g/mol. The Morgan fingerprint density at radius 3 is 2.72 bits per heavy atom. The molecule has 1 aliphatic heterocycles. The third-order valence-electron chi connectivity index (χ3n) is 4.35. The molecule has 5 heteroatoms. The number of aromatic nitrogens is 2. The minimum Gasteiger partial charge on any atom is -0.375 e. The van der Waals surface area contributed by atoms with Gasteiger partial charge in [0.15, 0.2) is 0 Å². The second-order valence-electron chi connectivity index (χ2n) is 6.19. The zero-order chi connectivity index (χ0) is 17.1. The van der Waals surface area contributed by atoms with Gasteiger partial charge in [-0.25, -0.2) is 0 Å². The minimum absolute atomic E-state index is 0.0207. The molecule has 0 aliphatic carbocycles. The second kappa shape index (κ2) is 6.91. The molecule has 0 fully saturated rings. The molecule has 126 valence electrons. The highest BCUT2D eigenvalue weighted by atomic mass is 16.5. The molecule has 0 radical (unpaired) electrons. The van der Waals surface area contributed by atoms with E-state index in [-0.39, 0.29) is 11.9 Å². The van der Waals surface area contributed by atoms with Gasteiger partial charge in [0.1, 0.15) is 0 Å². The van der Waals surface area contributed by atoms with Crippen molar-refractivity contribution in [3.63, 3.8) is 0 Å². The Bertz CT molecular complexity index is 859. The number of ether oxygens (including phenoxy) is 1. The maximum atomic E-state index is 12.4. The first kappa shape index (κ1) is 15.6. The molecule has 3 aromatic rings. The third kappa shape index (κ3) is 3.46. The first-order valence-corrected chi connectivity index (χ1v) is 8.34. The number of carbonyl (C=O) groups is 1. The summed E-state index contributed by atoms with van der Waals surface area (Å²) in [7, 11) is 0. The summed E-state index contributed by atoms with van der Waals surface area (Å²) in [4.78, 5) is 19.8.